The zero-order valence-corrected chi connectivity index (χ0v) is 10.6. The number of nitrogen functional groups attached to an aromatic ring is 1. The number of nitrogens with two attached hydrogens (primary N) is 1. The molecule has 5 nitrogen and oxygen atoms in total. The van der Waals surface area contributed by atoms with Gasteiger partial charge in [0.25, 0.3) is 5.91 Å². The molecule has 0 radical (unpaired) electrons. The summed E-state index contributed by atoms with van der Waals surface area (Å²) in [6.45, 7) is 3.16. The van der Waals surface area contributed by atoms with E-state index in [2.05, 4.69) is 15.3 Å². The van der Waals surface area contributed by atoms with Gasteiger partial charge in [-0.2, -0.15) is 0 Å². The van der Waals surface area contributed by atoms with Gasteiger partial charge < -0.3 is 0 Å². The molecule has 1 aliphatic rings. The largest absolute Gasteiger partial charge is 0.298 e. The summed E-state index contributed by atoms with van der Waals surface area (Å²) in [5, 5.41) is 0. The third kappa shape index (κ3) is 3.51. The molecular weight excluding hydrogens is 228 g/mol. The van der Waals surface area contributed by atoms with Gasteiger partial charge in [0, 0.05) is 12.7 Å². The third-order valence-corrected chi connectivity index (χ3v) is 3.30. The van der Waals surface area contributed by atoms with Gasteiger partial charge in [0.15, 0.2) is 0 Å². The first-order valence-corrected chi connectivity index (χ1v) is 6.48. The maximum atomic E-state index is 11.3. The number of aromatic nitrogens is 1. The van der Waals surface area contributed by atoms with Crippen LogP contribution in [0.5, 0.6) is 0 Å². The number of pyridine rings is 1. The van der Waals surface area contributed by atoms with Gasteiger partial charge in [-0.25, -0.2) is 5.84 Å². The van der Waals surface area contributed by atoms with Gasteiger partial charge in [-0.15, -0.1) is 0 Å². The minimum atomic E-state index is -0.302. The summed E-state index contributed by atoms with van der Waals surface area (Å²) in [5.74, 6) is 4.77. The lowest BCUT2D eigenvalue weighted by molar-refractivity contribution is 0.0953. The molecule has 2 rings (SSSR count). The van der Waals surface area contributed by atoms with Crippen LogP contribution in [0.3, 0.4) is 0 Å². The normalized spacial score (nSPS) is 17.2. The molecule has 0 atom stereocenters. The topological polar surface area (TPSA) is 71.2 Å². The SMILES string of the molecule is NNC(=O)c1ccc(CN2CCCCCC2)nc1. The highest BCUT2D eigenvalue weighted by atomic mass is 16.2. The average molecular weight is 248 g/mol. The number of rotatable bonds is 3. The van der Waals surface area contributed by atoms with Crippen molar-refractivity contribution in [1.29, 1.82) is 0 Å². The van der Waals surface area contributed by atoms with Crippen LogP contribution in [-0.2, 0) is 6.54 Å². The Bertz CT molecular complexity index is 382. The summed E-state index contributed by atoms with van der Waals surface area (Å²) < 4.78 is 0. The molecule has 1 aromatic rings. The fourth-order valence-corrected chi connectivity index (χ4v) is 2.26. The third-order valence-electron chi connectivity index (χ3n) is 3.30. The van der Waals surface area contributed by atoms with Crippen LogP contribution >= 0.6 is 0 Å². The van der Waals surface area contributed by atoms with E-state index in [1.165, 1.54) is 25.7 Å². The van der Waals surface area contributed by atoms with Gasteiger partial charge in [0.1, 0.15) is 0 Å². The Balaban J connectivity index is 1.94. The highest BCUT2D eigenvalue weighted by Crippen LogP contribution is 2.12. The van der Waals surface area contributed by atoms with Gasteiger partial charge in [-0.1, -0.05) is 12.8 Å². The average Bonchev–Trinajstić information content (AvgIpc) is 2.67. The van der Waals surface area contributed by atoms with E-state index in [9.17, 15) is 4.79 Å². The Hall–Kier alpha value is -1.46. The van der Waals surface area contributed by atoms with Gasteiger partial charge in [-0.3, -0.25) is 20.1 Å². The minimum absolute atomic E-state index is 0.302. The number of hydrazine groups is 1. The van der Waals surface area contributed by atoms with E-state index in [4.69, 9.17) is 5.84 Å². The van der Waals surface area contributed by atoms with E-state index < -0.39 is 0 Å². The van der Waals surface area contributed by atoms with Crippen LogP contribution < -0.4 is 11.3 Å². The molecule has 5 heteroatoms. The van der Waals surface area contributed by atoms with Crippen molar-refractivity contribution in [3.05, 3.63) is 29.6 Å². The summed E-state index contributed by atoms with van der Waals surface area (Å²) in [4.78, 5) is 18.0. The zero-order chi connectivity index (χ0) is 12.8. The summed E-state index contributed by atoms with van der Waals surface area (Å²) in [6.07, 6.45) is 6.79. The van der Waals surface area contributed by atoms with Crippen LogP contribution in [0.15, 0.2) is 18.3 Å². The van der Waals surface area contributed by atoms with Crippen molar-refractivity contribution in [2.45, 2.75) is 32.2 Å². The molecular formula is C13H20N4O. The van der Waals surface area contributed by atoms with Crippen LogP contribution in [-0.4, -0.2) is 28.9 Å². The summed E-state index contributed by atoms with van der Waals surface area (Å²) in [7, 11) is 0. The Morgan fingerprint density at radius 3 is 2.56 bits per heavy atom. The molecule has 3 N–H and O–H groups in total. The monoisotopic (exact) mass is 248 g/mol. The van der Waals surface area contributed by atoms with Gasteiger partial charge in [0.2, 0.25) is 0 Å². The lowest BCUT2D eigenvalue weighted by Gasteiger charge is -2.19. The number of nitrogens with one attached hydrogen (secondary N) is 1. The number of carbonyl (C=O) groups is 1. The zero-order valence-electron chi connectivity index (χ0n) is 10.6. The second-order valence-electron chi connectivity index (χ2n) is 4.70. The van der Waals surface area contributed by atoms with E-state index in [0.717, 1.165) is 25.3 Å². The number of nitrogens with zero attached hydrogens (tertiary/aromatic N) is 2. The molecule has 0 bridgehead atoms. The Labute approximate surface area is 107 Å². The van der Waals surface area contributed by atoms with Crippen molar-refractivity contribution in [1.82, 2.24) is 15.3 Å². The van der Waals surface area contributed by atoms with Crippen LogP contribution in [0, 0.1) is 0 Å². The number of hydrogen-bond donors (Lipinski definition) is 2. The molecule has 18 heavy (non-hydrogen) atoms. The molecule has 0 aromatic carbocycles. The van der Waals surface area contributed by atoms with Crippen molar-refractivity contribution in [3.63, 3.8) is 0 Å². The first kappa shape index (κ1) is 13.0. The van der Waals surface area contributed by atoms with Crippen LogP contribution in [0.2, 0.25) is 0 Å². The van der Waals surface area contributed by atoms with E-state index in [1.807, 2.05) is 6.07 Å². The molecule has 0 spiro atoms. The number of hydrogen-bond acceptors (Lipinski definition) is 4. The first-order valence-electron chi connectivity index (χ1n) is 6.48. The molecule has 0 saturated carbocycles. The van der Waals surface area contributed by atoms with E-state index in [0.29, 0.717) is 5.56 Å². The predicted molar refractivity (Wildman–Crippen MR) is 69.6 cm³/mol. The van der Waals surface area contributed by atoms with Crippen LogP contribution in [0.1, 0.15) is 41.7 Å². The fraction of sp³-hybridized carbons (Fsp3) is 0.538. The second-order valence-corrected chi connectivity index (χ2v) is 4.70. The first-order chi connectivity index (χ1) is 8.79. The van der Waals surface area contributed by atoms with Gasteiger partial charge in [0.05, 0.1) is 11.3 Å². The lowest BCUT2D eigenvalue weighted by atomic mass is 10.2. The van der Waals surface area contributed by atoms with Crippen molar-refractivity contribution < 1.29 is 4.79 Å². The number of carbonyl (C=O) groups excluding carboxylic acids is 1. The van der Waals surface area contributed by atoms with Crippen molar-refractivity contribution in [3.8, 4) is 0 Å². The van der Waals surface area contributed by atoms with Gasteiger partial charge in [-0.05, 0) is 38.1 Å². The number of likely N-dealkylation sites (tertiary alicyclic amines) is 1. The maximum absolute atomic E-state index is 11.3. The molecule has 1 fully saturated rings. The number of amides is 1. The summed E-state index contributed by atoms with van der Waals surface area (Å²) in [5.41, 5.74) is 3.60. The smallest absolute Gasteiger partial charge is 0.266 e. The van der Waals surface area contributed by atoms with Crippen molar-refractivity contribution >= 4 is 5.91 Å². The maximum Gasteiger partial charge on any atom is 0.266 e. The summed E-state index contributed by atoms with van der Waals surface area (Å²) >= 11 is 0. The predicted octanol–water partition coefficient (Wildman–Crippen LogP) is 1.06. The van der Waals surface area contributed by atoms with Crippen LogP contribution in [0.4, 0.5) is 0 Å². The molecule has 98 valence electrons. The Morgan fingerprint density at radius 1 is 1.28 bits per heavy atom. The van der Waals surface area contributed by atoms with E-state index >= 15 is 0 Å². The summed E-state index contributed by atoms with van der Waals surface area (Å²) in [6, 6.07) is 3.66. The van der Waals surface area contributed by atoms with E-state index in [1.54, 1.807) is 12.3 Å². The molecule has 1 saturated heterocycles. The molecule has 2 heterocycles. The lowest BCUT2D eigenvalue weighted by Crippen LogP contribution is -2.30. The molecule has 1 aliphatic heterocycles. The second kappa shape index (κ2) is 6.47. The van der Waals surface area contributed by atoms with Crippen molar-refractivity contribution in [2.75, 3.05) is 13.1 Å². The van der Waals surface area contributed by atoms with Crippen molar-refractivity contribution in [2.24, 2.45) is 5.84 Å². The Kier molecular flexibility index (Phi) is 4.66. The molecule has 0 aliphatic carbocycles. The van der Waals surface area contributed by atoms with Gasteiger partial charge >= 0.3 is 0 Å². The fourth-order valence-electron chi connectivity index (χ4n) is 2.26. The highest BCUT2D eigenvalue weighted by molar-refractivity contribution is 5.93. The quantitative estimate of drug-likeness (QED) is 0.477. The highest BCUT2D eigenvalue weighted by Gasteiger charge is 2.10. The minimum Gasteiger partial charge on any atom is -0.298 e. The molecule has 0 unspecified atom stereocenters. The van der Waals surface area contributed by atoms with E-state index in [-0.39, 0.29) is 5.91 Å². The molecule has 1 amide bonds. The Morgan fingerprint density at radius 2 is 2.00 bits per heavy atom. The standard InChI is InChI=1S/C13H20N4O/c14-16-13(18)11-5-6-12(15-9-11)10-17-7-3-1-2-4-8-17/h5-6,9H,1-4,7-8,10,14H2,(H,16,18). The van der Waals surface area contributed by atoms with Crippen LogP contribution in [0.25, 0.3) is 0 Å². The molecule has 1 aromatic heterocycles.